The fourth-order valence-corrected chi connectivity index (χ4v) is 2.44. The van der Waals surface area contributed by atoms with Crippen molar-refractivity contribution in [2.24, 2.45) is 0 Å². The highest BCUT2D eigenvalue weighted by Gasteiger charge is 2.23. The molecule has 0 aliphatic heterocycles. The zero-order valence-electron chi connectivity index (χ0n) is 10.8. The Hall–Kier alpha value is 0.0200. The molecule has 0 aliphatic carbocycles. The molecule has 1 aromatic carbocycles. The molecule has 1 aromatic rings. The SMILES string of the molecule is CC(O)NC(C)O.O=C(O)c1c(Cl)c(Cl)c(Cl)c(Cl)c1Cl. The number of carbonyl (C=O) groups is 1. The lowest BCUT2D eigenvalue weighted by Crippen LogP contribution is -2.33. The summed E-state index contributed by atoms with van der Waals surface area (Å²) in [5.41, 5.74) is -0.354. The normalized spacial score (nSPS) is 13.2. The third-order valence-corrected chi connectivity index (χ3v) is 4.18. The molecule has 2 atom stereocenters. The topological polar surface area (TPSA) is 89.8 Å². The van der Waals surface area contributed by atoms with Gasteiger partial charge < -0.3 is 15.3 Å². The van der Waals surface area contributed by atoms with Gasteiger partial charge in [0.2, 0.25) is 0 Å². The first-order valence-electron chi connectivity index (χ1n) is 5.37. The average Bonchev–Trinajstić information content (AvgIpc) is 2.33. The number of aromatic carboxylic acids is 1. The minimum Gasteiger partial charge on any atom is -0.478 e. The number of hydrogen-bond donors (Lipinski definition) is 4. The van der Waals surface area contributed by atoms with E-state index < -0.39 is 18.4 Å². The number of aliphatic hydroxyl groups is 2. The van der Waals surface area contributed by atoms with Crippen LogP contribution in [0, 0.1) is 0 Å². The molecule has 5 nitrogen and oxygen atoms in total. The number of aliphatic hydroxyl groups excluding tert-OH is 2. The molecule has 0 radical (unpaired) electrons. The van der Waals surface area contributed by atoms with Crippen LogP contribution in [0.15, 0.2) is 0 Å². The number of rotatable bonds is 3. The van der Waals surface area contributed by atoms with E-state index in [1.165, 1.54) is 0 Å². The Morgan fingerprint density at radius 3 is 1.33 bits per heavy atom. The van der Waals surface area contributed by atoms with Crippen molar-refractivity contribution < 1.29 is 20.1 Å². The minimum absolute atomic E-state index is 0.0617. The van der Waals surface area contributed by atoms with Crippen molar-refractivity contribution in [3.63, 3.8) is 0 Å². The molecule has 0 spiro atoms. The molecule has 0 amide bonds. The van der Waals surface area contributed by atoms with E-state index in [0.717, 1.165) is 0 Å². The van der Waals surface area contributed by atoms with E-state index >= 15 is 0 Å². The summed E-state index contributed by atoms with van der Waals surface area (Å²) < 4.78 is 0. The van der Waals surface area contributed by atoms with Crippen LogP contribution in [0.1, 0.15) is 24.2 Å². The summed E-state index contributed by atoms with van der Waals surface area (Å²) in [6.07, 6.45) is -1.25. The first-order valence-corrected chi connectivity index (χ1v) is 7.26. The molecule has 0 aliphatic rings. The van der Waals surface area contributed by atoms with Crippen LogP contribution in [0.5, 0.6) is 0 Å². The van der Waals surface area contributed by atoms with Gasteiger partial charge in [-0.1, -0.05) is 58.0 Å². The second kappa shape index (κ2) is 9.22. The first kappa shape index (κ1) is 21.0. The summed E-state index contributed by atoms with van der Waals surface area (Å²) in [6, 6.07) is 0. The molecule has 0 aromatic heterocycles. The highest BCUT2D eigenvalue weighted by molar-refractivity contribution is 6.56. The van der Waals surface area contributed by atoms with Gasteiger partial charge in [0.15, 0.2) is 0 Å². The van der Waals surface area contributed by atoms with Crippen molar-refractivity contribution in [2.75, 3.05) is 0 Å². The average molecular weight is 399 g/mol. The number of halogens is 5. The molecule has 2 unspecified atom stereocenters. The Bertz CT molecular complexity index is 487. The molecule has 10 heteroatoms. The fraction of sp³-hybridized carbons (Fsp3) is 0.364. The second-order valence-corrected chi connectivity index (χ2v) is 5.66. The monoisotopic (exact) mass is 397 g/mol. The largest absolute Gasteiger partial charge is 0.478 e. The van der Waals surface area contributed by atoms with Gasteiger partial charge in [0.05, 0.1) is 30.7 Å². The Balaban J connectivity index is 0.000000486. The number of carboxylic acid groups (broad SMARTS) is 1. The molecule has 1 rings (SSSR count). The van der Waals surface area contributed by atoms with Crippen molar-refractivity contribution >= 4 is 64.0 Å². The smallest absolute Gasteiger partial charge is 0.338 e. The van der Waals surface area contributed by atoms with Crippen molar-refractivity contribution in [2.45, 2.75) is 26.3 Å². The molecular weight excluding hydrogens is 387 g/mol. The predicted octanol–water partition coefficient (Wildman–Crippen LogP) is 3.90. The van der Waals surface area contributed by atoms with Crippen LogP contribution < -0.4 is 5.32 Å². The van der Waals surface area contributed by atoms with Crippen molar-refractivity contribution in [1.29, 1.82) is 0 Å². The van der Waals surface area contributed by atoms with Crippen molar-refractivity contribution in [3.05, 3.63) is 30.7 Å². The Morgan fingerprint density at radius 1 is 0.857 bits per heavy atom. The zero-order chi connectivity index (χ0) is 16.9. The molecule has 0 heterocycles. The third kappa shape index (κ3) is 6.34. The third-order valence-electron chi connectivity index (χ3n) is 1.91. The number of hydrogen-bond acceptors (Lipinski definition) is 4. The Kier molecular flexibility index (Phi) is 9.23. The maximum absolute atomic E-state index is 10.7. The van der Waals surface area contributed by atoms with Crippen LogP contribution in [-0.2, 0) is 0 Å². The zero-order valence-corrected chi connectivity index (χ0v) is 14.6. The summed E-state index contributed by atoms with van der Waals surface area (Å²) >= 11 is 28.2. The van der Waals surface area contributed by atoms with E-state index in [1.54, 1.807) is 13.8 Å². The van der Waals surface area contributed by atoms with E-state index in [-0.39, 0.29) is 30.7 Å². The molecule has 120 valence electrons. The molecule has 0 bridgehead atoms. The van der Waals surface area contributed by atoms with Crippen LogP contribution in [0.2, 0.25) is 25.1 Å². The number of nitrogens with one attached hydrogen (secondary N) is 1. The van der Waals surface area contributed by atoms with Gasteiger partial charge in [0, 0.05) is 0 Å². The highest BCUT2D eigenvalue weighted by Crippen LogP contribution is 2.43. The van der Waals surface area contributed by atoms with Gasteiger partial charge in [0.25, 0.3) is 0 Å². The van der Waals surface area contributed by atoms with Gasteiger partial charge in [-0.3, -0.25) is 5.32 Å². The van der Waals surface area contributed by atoms with E-state index in [1.807, 2.05) is 0 Å². The van der Waals surface area contributed by atoms with Gasteiger partial charge in [-0.2, -0.15) is 0 Å². The van der Waals surface area contributed by atoms with Gasteiger partial charge >= 0.3 is 5.97 Å². The predicted molar refractivity (Wildman–Crippen MR) is 84.9 cm³/mol. The number of benzene rings is 1. The van der Waals surface area contributed by atoms with E-state index in [9.17, 15) is 4.79 Å². The lowest BCUT2D eigenvalue weighted by molar-refractivity contribution is 0.0631. The number of carboxylic acids is 1. The van der Waals surface area contributed by atoms with Crippen LogP contribution in [0.3, 0.4) is 0 Å². The van der Waals surface area contributed by atoms with Gasteiger partial charge in [-0.15, -0.1) is 0 Å². The van der Waals surface area contributed by atoms with Gasteiger partial charge in [0.1, 0.15) is 12.5 Å². The summed E-state index contributed by atoms with van der Waals surface area (Å²) in [6.45, 7) is 3.10. The quantitative estimate of drug-likeness (QED) is 0.352. The molecule has 0 fully saturated rings. The fourth-order valence-electron chi connectivity index (χ4n) is 1.14. The van der Waals surface area contributed by atoms with Crippen LogP contribution in [0.4, 0.5) is 0 Å². The lowest BCUT2D eigenvalue weighted by atomic mass is 10.2. The van der Waals surface area contributed by atoms with E-state index in [4.69, 9.17) is 73.3 Å². The Labute approximate surface area is 146 Å². The summed E-state index contributed by atoms with van der Waals surface area (Å²) in [5, 5.41) is 27.3. The summed E-state index contributed by atoms with van der Waals surface area (Å²) in [5.74, 6) is -1.32. The lowest BCUT2D eigenvalue weighted by Gasteiger charge is -2.08. The first-order chi connectivity index (χ1) is 9.50. The summed E-state index contributed by atoms with van der Waals surface area (Å²) in [4.78, 5) is 10.7. The molecule has 21 heavy (non-hydrogen) atoms. The molecular formula is C11H12Cl5NO4. The van der Waals surface area contributed by atoms with E-state index in [2.05, 4.69) is 5.32 Å². The van der Waals surface area contributed by atoms with Crippen molar-refractivity contribution in [1.82, 2.24) is 5.32 Å². The van der Waals surface area contributed by atoms with Crippen LogP contribution in [0.25, 0.3) is 0 Å². The maximum atomic E-state index is 10.7. The minimum atomic E-state index is -1.32. The molecule has 0 saturated heterocycles. The Morgan fingerprint density at radius 2 is 1.14 bits per heavy atom. The van der Waals surface area contributed by atoms with Crippen molar-refractivity contribution in [3.8, 4) is 0 Å². The van der Waals surface area contributed by atoms with Crippen LogP contribution in [-0.4, -0.2) is 33.7 Å². The van der Waals surface area contributed by atoms with Gasteiger partial charge in [-0.05, 0) is 13.8 Å². The maximum Gasteiger partial charge on any atom is 0.338 e. The molecule has 4 N–H and O–H groups in total. The standard InChI is InChI=1S/C7HCl5O2.C4H11NO2/c8-2-1(7(13)14)3(9)5(11)6(12)4(2)10;1-3(6)5-4(2)7/h(H,13,14);3-7H,1-2H3. The van der Waals surface area contributed by atoms with Gasteiger partial charge in [-0.25, -0.2) is 4.79 Å². The van der Waals surface area contributed by atoms with E-state index in [0.29, 0.717) is 0 Å². The molecule has 0 saturated carbocycles. The van der Waals surface area contributed by atoms with Crippen LogP contribution >= 0.6 is 58.0 Å². The highest BCUT2D eigenvalue weighted by atomic mass is 35.5. The summed E-state index contributed by atoms with van der Waals surface area (Å²) in [7, 11) is 0. The second-order valence-electron chi connectivity index (χ2n) is 3.77.